The first kappa shape index (κ1) is 21.6. The molecule has 0 saturated carbocycles. The molecule has 0 saturated heterocycles. The fraction of sp³-hybridized carbons (Fsp3) is 0.269. The average Bonchev–Trinajstić information content (AvgIpc) is 3.26. The Morgan fingerprint density at radius 3 is 2.38 bits per heavy atom. The zero-order valence-electron chi connectivity index (χ0n) is 18.7. The summed E-state index contributed by atoms with van der Waals surface area (Å²) in [7, 11) is 0. The van der Waals surface area contributed by atoms with Gasteiger partial charge in [-0.1, -0.05) is 45.0 Å². The van der Waals surface area contributed by atoms with Gasteiger partial charge in [0.2, 0.25) is 0 Å². The van der Waals surface area contributed by atoms with E-state index in [0.717, 1.165) is 24.0 Å². The van der Waals surface area contributed by atoms with Gasteiger partial charge in [-0.05, 0) is 72.4 Å². The number of aromatic nitrogens is 3. The minimum Gasteiger partial charge on any atom is -0.484 e. The van der Waals surface area contributed by atoms with E-state index in [1.165, 1.54) is 11.1 Å². The predicted molar refractivity (Wildman–Crippen MR) is 128 cm³/mol. The van der Waals surface area contributed by atoms with E-state index in [9.17, 15) is 4.79 Å². The van der Waals surface area contributed by atoms with Crippen molar-refractivity contribution >= 4 is 22.6 Å². The monoisotopic (exact) mass is 428 g/mol. The Labute approximate surface area is 188 Å². The van der Waals surface area contributed by atoms with Crippen LogP contribution in [0.2, 0.25) is 0 Å². The summed E-state index contributed by atoms with van der Waals surface area (Å²) in [5, 5.41) is 11.9. The Morgan fingerprint density at radius 2 is 1.69 bits per heavy atom. The van der Waals surface area contributed by atoms with Crippen LogP contribution in [0.3, 0.4) is 0 Å². The Hall–Kier alpha value is -3.67. The molecule has 0 bridgehead atoms. The first-order valence-corrected chi connectivity index (χ1v) is 11.0. The molecular formula is C26H28N4O2. The molecule has 0 aliphatic heterocycles. The van der Waals surface area contributed by atoms with E-state index in [1.54, 1.807) is 4.80 Å². The third-order valence-corrected chi connectivity index (χ3v) is 5.67. The van der Waals surface area contributed by atoms with Crippen LogP contribution in [0, 0.1) is 0 Å². The summed E-state index contributed by atoms with van der Waals surface area (Å²) in [5.74, 6) is 0.966. The number of fused-ring (bicyclic) bond motifs is 1. The van der Waals surface area contributed by atoms with Crippen LogP contribution in [0.25, 0.3) is 16.7 Å². The summed E-state index contributed by atoms with van der Waals surface area (Å²) >= 11 is 0. The van der Waals surface area contributed by atoms with Crippen molar-refractivity contribution in [3.63, 3.8) is 0 Å². The highest BCUT2D eigenvalue weighted by atomic mass is 16.5. The van der Waals surface area contributed by atoms with Crippen molar-refractivity contribution < 1.29 is 9.53 Å². The van der Waals surface area contributed by atoms with Gasteiger partial charge in [-0.3, -0.25) is 4.79 Å². The molecule has 164 valence electrons. The molecule has 1 aromatic heterocycles. The molecule has 6 nitrogen and oxygen atoms in total. The zero-order chi connectivity index (χ0) is 22.5. The zero-order valence-corrected chi connectivity index (χ0v) is 18.7. The van der Waals surface area contributed by atoms with E-state index in [-0.39, 0.29) is 12.5 Å². The SMILES string of the molecule is CCc1ccc(-n2nc3ccc(NC(=O)COc4ccc([C@H](C)CC)cc4)cc3n2)cc1. The lowest BCUT2D eigenvalue weighted by Gasteiger charge is -2.11. The second-order valence-corrected chi connectivity index (χ2v) is 7.93. The standard InChI is InChI=1S/C26H28N4O2/c1-4-18(3)20-8-13-23(14-9-20)32-17-26(31)27-21-10-15-24-25(16-21)29-30(28-24)22-11-6-19(5-2)7-12-22/h6-16,18H,4-5,17H2,1-3H3,(H,27,31)/t18-/m1/s1. The van der Waals surface area contributed by atoms with Crippen LogP contribution in [-0.4, -0.2) is 27.5 Å². The van der Waals surface area contributed by atoms with Crippen LogP contribution in [-0.2, 0) is 11.2 Å². The second kappa shape index (κ2) is 9.64. The van der Waals surface area contributed by atoms with E-state index in [4.69, 9.17) is 4.74 Å². The third kappa shape index (κ3) is 4.97. The number of ether oxygens (including phenoxy) is 1. The number of nitrogens with zero attached hydrogens (tertiary/aromatic N) is 3. The minimum absolute atomic E-state index is 0.0584. The van der Waals surface area contributed by atoms with E-state index in [2.05, 4.69) is 60.6 Å². The molecule has 32 heavy (non-hydrogen) atoms. The van der Waals surface area contributed by atoms with Crippen molar-refractivity contribution in [3.05, 3.63) is 77.9 Å². The van der Waals surface area contributed by atoms with Gasteiger partial charge in [0.05, 0.1) is 5.69 Å². The van der Waals surface area contributed by atoms with Crippen molar-refractivity contribution in [1.82, 2.24) is 15.0 Å². The number of hydrogen-bond donors (Lipinski definition) is 1. The van der Waals surface area contributed by atoms with Crippen LogP contribution in [0.15, 0.2) is 66.7 Å². The van der Waals surface area contributed by atoms with Crippen LogP contribution in [0.1, 0.15) is 44.2 Å². The molecule has 1 atom stereocenters. The van der Waals surface area contributed by atoms with Gasteiger partial charge in [-0.2, -0.15) is 4.80 Å². The molecular weight excluding hydrogens is 400 g/mol. The molecule has 0 aliphatic carbocycles. The number of amides is 1. The van der Waals surface area contributed by atoms with E-state index >= 15 is 0 Å². The molecule has 3 aromatic carbocycles. The quantitative estimate of drug-likeness (QED) is 0.402. The molecule has 0 aliphatic rings. The number of benzene rings is 3. The number of anilines is 1. The molecule has 1 amide bonds. The van der Waals surface area contributed by atoms with Crippen molar-refractivity contribution in [2.45, 2.75) is 39.5 Å². The first-order valence-electron chi connectivity index (χ1n) is 11.0. The fourth-order valence-corrected chi connectivity index (χ4v) is 3.45. The van der Waals surface area contributed by atoms with Gasteiger partial charge >= 0.3 is 0 Å². The topological polar surface area (TPSA) is 69.0 Å². The van der Waals surface area contributed by atoms with Gasteiger partial charge in [-0.15, -0.1) is 10.2 Å². The summed E-state index contributed by atoms with van der Waals surface area (Å²) in [6.07, 6.45) is 2.08. The smallest absolute Gasteiger partial charge is 0.262 e. The maximum Gasteiger partial charge on any atom is 0.262 e. The fourth-order valence-electron chi connectivity index (χ4n) is 3.45. The summed E-state index contributed by atoms with van der Waals surface area (Å²) in [4.78, 5) is 14.0. The van der Waals surface area contributed by atoms with Crippen molar-refractivity contribution in [3.8, 4) is 11.4 Å². The maximum absolute atomic E-state index is 12.4. The molecule has 4 aromatic rings. The highest BCUT2D eigenvalue weighted by Crippen LogP contribution is 2.22. The number of aryl methyl sites for hydroxylation is 1. The lowest BCUT2D eigenvalue weighted by molar-refractivity contribution is -0.118. The second-order valence-electron chi connectivity index (χ2n) is 7.93. The normalized spacial score (nSPS) is 12.0. The van der Waals surface area contributed by atoms with Crippen molar-refractivity contribution in [1.29, 1.82) is 0 Å². The van der Waals surface area contributed by atoms with Gasteiger partial charge in [0.1, 0.15) is 16.8 Å². The summed E-state index contributed by atoms with van der Waals surface area (Å²) in [5.41, 5.74) is 5.57. The molecule has 1 N–H and O–H groups in total. The van der Waals surface area contributed by atoms with Crippen molar-refractivity contribution in [2.24, 2.45) is 0 Å². The molecule has 0 fully saturated rings. The van der Waals surface area contributed by atoms with Gasteiger partial charge < -0.3 is 10.1 Å². The lowest BCUT2D eigenvalue weighted by atomic mass is 9.99. The molecule has 1 heterocycles. The summed E-state index contributed by atoms with van der Waals surface area (Å²) < 4.78 is 5.63. The highest BCUT2D eigenvalue weighted by molar-refractivity contribution is 5.93. The molecule has 0 unspecified atom stereocenters. The van der Waals surface area contributed by atoms with Gasteiger partial charge in [0.25, 0.3) is 5.91 Å². The molecule has 4 rings (SSSR count). The van der Waals surface area contributed by atoms with E-state index in [0.29, 0.717) is 22.9 Å². The Morgan fingerprint density at radius 1 is 0.969 bits per heavy atom. The van der Waals surface area contributed by atoms with E-state index < -0.39 is 0 Å². The average molecular weight is 429 g/mol. The Kier molecular flexibility index (Phi) is 6.50. The van der Waals surface area contributed by atoms with Gasteiger partial charge in [-0.25, -0.2) is 0 Å². The molecule has 6 heteroatoms. The van der Waals surface area contributed by atoms with Crippen LogP contribution in [0.5, 0.6) is 5.75 Å². The number of rotatable bonds is 8. The summed E-state index contributed by atoms with van der Waals surface area (Å²) in [6.45, 7) is 6.43. The summed E-state index contributed by atoms with van der Waals surface area (Å²) in [6, 6.07) is 21.6. The number of hydrogen-bond acceptors (Lipinski definition) is 4. The Bertz CT molecular complexity index is 1200. The van der Waals surface area contributed by atoms with Crippen LogP contribution < -0.4 is 10.1 Å². The third-order valence-electron chi connectivity index (χ3n) is 5.67. The largest absolute Gasteiger partial charge is 0.484 e. The predicted octanol–water partition coefficient (Wildman–Crippen LogP) is 5.51. The van der Waals surface area contributed by atoms with E-state index in [1.807, 2.05) is 42.5 Å². The maximum atomic E-state index is 12.4. The van der Waals surface area contributed by atoms with Crippen LogP contribution in [0.4, 0.5) is 5.69 Å². The Balaban J connectivity index is 1.38. The number of nitrogens with one attached hydrogen (secondary N) is 1. The first-order chi connectivity index (χ1) is 15.6. The highest BCUT2D eigenvalue weighted by Gasteiger charge is 2.09. The number of carbonyl (C=O) groups is 1. The van der Waals surface area contributed by atoms with Crippen molar-refractivity contribution in [2.75, 3.05) is 11.9 Å². The minimum atomic E-state index is -0.224. The number of carbonyl (C=O) groups excluding carboxylic acids is 1. The molecule has 0 radical (unpaired) electrons. The van der Waals surface area contributed by atoms with Crippen LogP contribution >= 0.6 is 0 Å². The molecule has 0 spiro atoms. The van der Waals surface area contributed by atoms with Gasteiger partial charge in [0, 0.05) is 5.69 Å². The lowest BCUT2D eigenvalue weighted by Crippen LogP contribution is -2.20. The van der Waals surface area contributed by atoms with Gasteiger partial charge in [0.15, 0.2) is 6.61 Å².